The van der Waals surface area contributed by atoms with Crippen molar-refractivity contribution in [3.63, 3.8) is 0 Å². The zero-order valence-electron chi connectivity index (χ0n) is 10.7. The van der Waals surface area contributed by atoms with Crippen molar-refractivity contribution in [1.82, 2.24) is 5.32 Å². The van der Waals surface area contributed by atoms with Gasteiger partial charge in [0.2, 0.25) is 5.91 Å². The van der Waals surface area contributed by atoms with Crippen LogP contribution in [0.15, 0.2) is 0 Å². The molecule has 0 spiro atoms. The first-order valence-corrected chi connectivity index (χ1v) is 7.46. The molecule has 0 aromatic heterocycles. The van der Waals surface area contributed by atoms with E-state index in [4.69, 9.17) is 0 Å². The van der Waals surface area contributed by atoms with Crippen LogP contribution in [0.1, 0.15) is 59.3 Å². The van der Waals surface area contributed by atoms with E-state index in [0.717, 1.165) is 31.0 Å². The molecule has 0 bridgehead atoms. The van der Waals surface area contributed by atoms with Crippen molar-refractivity contribution in [2.75, 3.05) is 5.33 Å². The Morgan fingerprint density at radius 1 is 1.38 bits per heavy atom. The highest BCUT2D eigenvalue weighted by molar-refractivity contribution is 9.09. The Balaban J connectivity index is 2.63. The largest absolute Gasteiger partial charge is 0.351 e. The molecule has 1 fully saturated rings. The van der Waals surface area contributed by atoms with E-state index in [9.17, 15) is 4.79 Å². The Morgan fingerprint density at radius 2 is 1.94 bits per heavy atom. The summed E-state index contributed by atoms with van der Waals surface area (Å²) in [5.41, 5.74) is -0.158. The summed E-state index contributed by atoms with van der Waals surface area (Å²) < 4.78 is 0. The fraction of sp³-hybridized carbons (Fsp3) is 0.923. The van der Waals surface area contributed by atoms with Crippen molar-refractivity contribution in [2.45, 2.75) is 64.8 Å². The highest BCUT2D eigenvalue weighted by Gasteiger charge is 2.40. The predicted molar refractivity (Wildman–Crippen MR) is 71.8 cm³/mol. The average molecular weight is 290 g/mol. The summed E-state index contributed by atoms with van der Waals surface area (Å²) in [6.07, 6.45) is 6.50. The molecule has 2 nitrogen and oxygen atoms in total. The second-order valence-corrected chi connectivity index (χ2v) is 6.41. The van der Waals surface area contributed by atoms with Crippen molar-refractivity contribution in [3.05, 3.63) is 0 Å². The maximum absolute atomic E-state index is 12.4. The number of hydrogen-bond acceptors (Lipinski definition) is 1. The minimum absolute atomic E-state index is 0.0659. The van der Waals surface area contributed by atoms with Crippen LogP contribution in [0, 0.1) is 5.41 Å². The summed E-state index contributed by atoms with van der Waals surface area (Å²) in [6, 6.07) is 0. The van der Waals surface area contributed by atoms with Crippen molar-refractivity contribution in [1.29, 1.82) is 0 Å². The SMILES string of the molecule is CCC1(C(=O)NC(C)(C)CCBr)CCCC1. The summed E-state index contributed by atoms with van der Waals surface area (Å²) >= 11 is 3.44. The Labute approximate surface area is 108 Å². The molecule has 0 aliphatic heterocycles. The first kappa shape index (κ1) is 14.0. The van der Waals surface area contributed by atoms with Crippen molar-refractivity contribution >= 4 is 21.8 Å². The second-order valence-electron chi connectivity index (χ2n) is 5.62. The van der Waals surface area contributed by atoms with Gasteiger partial charge in [-0.3, -0.25) is 4.79 Å². The zero-order chi connectivity index (χ0) is 12.2. The van der Waals surface area contributed by atoms with Gasteiger partial charge in [-0.25, -0.2) is 0 Å². The molecule has 0 aromatic rings. The van der Waals surface area contributed by atoms with Crippen LogP contribution in [0.4, 0.5) is 0 Å². The molecule has 1 saturated carbocycles. The van der Waals surface area contributed by atoms with Gasteiger partial charge in [-0.2, -0.15) is 0 Å². The van der Waals surface area contributed by atoms with Crippen LogP contribution in [0.2, 0.25) is 0 Å². The topological polar surface area (TPSA) is 29.1 Å². The number of rotatable bonds is 5. The van der Waals surface area contributed by atoms with E-state index in [1.54, 1.807) is 0 Å². The molecule has 1 rings (SSSR count). The number of nitrogens with one attached hydrogen (secondary N) is 1. The van der Waals surface area contributed by atoms with Gasteiger partial charge in [-0.15, -0.1) is 0 Å². The van der Waals surface area contributed by atoms with Gasteiger partial charge in [0.25, 0.3) is 0 Å². The second kappa shape index (κ2) is 5.52. The third kappa shape index (κ3) is 3.22. The number of alkyl halides is 1. The lowest BCUT2D eigenvalue weighted by molar-refractivity contribution is -0.132. The van der Waals surface area contributed by atoms with Crippen LogP contribution in [0.3, 0.4) is 0 Å². The van der Waals surface area contributed by atoms with E-state index in [1.807, 2.05) is 0 Å². The lowest BCUT2D eigenvalue weighted by Crippen LogP contribution is -2.50. The van der Waals surface area contributed by atoms with Gasteiger partial charge >= 0.3 is 0 Å². The summed E-state index contributed by atoms with van der Waals surface area (Å²) in [5.74, 6) is 0.276. The molecule has 94 valence electrons. The van der Waals surface area contributed by atoms with Crippen LogP contribution >= 0.6 is 15.9 Å². The quantitative estimate of drug-likeness (QED) is 0.770. The van der Waals surface area contributed by atoms with Gasteiger partial charge < -0.3 is 5.32 Å². The average Bonchev–Trinajstić information content (AvgIpc) is 2.66. The van der Waals surface area contributed by atoms with Crippen LogP contribution in [0.25, 0.3) is 0 Å². The lowest BCUT2D eigenvalue weighted by Gasteiger charge is -2.33. The first-order valence-electron chi connectivity index (χ1n) is 6.34. The van der Waals surface area contributed by atoms with Gasteiger partial charge in [0.15, 0.2) is 0 Å². The van der Waals surface area contributed by atoms with Crippen LogP contribution < -0.4 is 5.32 Å². The summed E-state index contributed by atoms with van der Waals surface area (Å²) in [4.78, 5) is 12.4. The van der Waals surface area contributed by atoms with Gasteiger partial charge in [0.1, 0.15) is 0 Å². The summed E-state index contributed by atoms with van der Waals surface area (Å²) in [7, 11) is 0. The molecule has 0 heterocycles. The molecular weight excluding hydrogens is 266 g/mol. The van der Waals surface area contributed by atoms with Crippen molar-refractivity contribution in [2.24, 2.45) is 5.41 Å². The van der Waals surface area contributed by atoms with E-state index in [1.165, 1.54) is 12.8 Å². The molecule has 0 saturated heterocycles. The molecule has 1 aliphatic carbocycles. The van der Waals surface area contributed by atoms with Crippen molar-refractivity contribution in [3.8, 4) is 0 Å². The lowest BCUT2D eigenvalue weighted by atomic mass is 9.81. The molecular formula is C13H24BrNO. The predicted octanol–water partition coefficient (Wildman–Crippen LogP) is 3.64. The van der Waals surface area contributed by atoms with Crippen LogP contribution in [-0.2, 0) is 4.79 Å². The highest BCUT2D eigenvalue weighted by atomic mass is 79.9. The van der Waals surface area contributed by atoms with E-state index in [2.05, 4.69) is 42.0 Å². The summed E-state index contributed by atoms with van der Waals surface area (Å²) in [6.45, 7) is 6.34. The molecule has 1 aliphatic rings. The van der Waals surface area contributed by atoms with E-state index < -0.39 is 0 Å². The van der Waals surface area contributed by atoms with Crippen LogP contribution in [0.5, 0.6) is 0 Å². The minimum Gasteiger partial charge on any atom is -0.351 e. The van der Waals surface area contributed by atoms with E-state index in [-0.39, 0.29) is 16.9 Å². The third-order valence-electron chi connectivity index (χ3n) is 3.89. The maximum Gasteiger partial charge on any atom is 0.226 e. The van der Waals surface area contributed by atoms with Gasteiger partial charge in [-0.1, -0.05) is 35.7 Å². The smallest absolute Gasteiger partial charge is 0.226 e. The molecule has 1 N–H and O–H groups in total. The number of amides is 1. The number of halogens is 1. The Hall–Kier alpha value is -0.0500. The molecule has 0 aromatic carbocycles. The molecule has 0 atom stereocenters. The van der Waals surface area contributed by atoms with Gasteiger partial charge in [0.05, 0.1) is 0 Å². The van der Waals surface area contributed by atoms with E-state index >= 15 is 0 Å². The Morgan fingerprint density at radius 3 is 2.38 bits per heavy atom. The van der Waals surface area contributed by atoms with E-state index in [0.29, 0.717) is 0 Å². The number of hydrogen-bond donors (Lipinski definition) is 1. The van der Waals surface area contributed by atoms with Crippen molar-refractivity contribution < 1.29 is 4.79 Å². The molecule has 3 heteroatoms. The van der Waals surface area contributed by atoms with Crippen LogP contribution in [-0.4, -0.2) is 16.8 Å². The third-order valence-corrected chi connectivity index (χ3v) is 4.29. The molecule has 0 unspecified atom stereocenters. The monoisotopic (exact) mass is 289 g/mol. The summed E-state index contributed by atoms with van der Waals surface area (Å²) in [5, 5.41) is 4.15. The highest BCUT2D eigenvalue weighted by Crippen LogP contribution is 2.41. The molecule has 16 heavy (non-hydrogen) atoms. The fourth-order valence-corrected chi connectivity index (χ4v) is 3.52. The normalized spacial score (nSPS) is 19.8. The number of carbonyl (C=O) groups excluding carboxylic acids is 1. The molecule has 1 amide bonds. The molecule has 0 radical (unpaired) electrons. The van der Waals surface area contributed by atoms with Gasteiger partial charge in [0, 0.05) is 16.3 Å². The Bertz CT molecular complexity index is 244. The maximum atomic E-state index is 12.4. The fourth-order valence-electron chi connectivity index (χ4n) is 2.53. The standard InChI is InChI=1S/C13H24BrNO/c1-4-13(7-5-6-8-13)11(16)15-12(2,3)9-10-14/h4-10H2,1-3H3,(H,15,16). The Kier molecular flexibility index (Phi) is 4.84. The first-order chi connectivity index (χ1) is 7.46. The minimum atomic E-state index is -0.0919. The number of carbonyl (C=O) groups is 1. The zero-order valence-corrected chi connectivity index (χ0v) is 12.3. The van der Waals surface area contributed by atoms with Gasteiger partial charge in [-0.05, 0) is 39.5 Å².